The molecule has 2 N–H and O–H groups in total. The van der Waals surface area contributed by atoms with Gasteiger partial charge in [0.05, 0.1) is 28.2 Å². The van der Waals surface area contributed by atoms with Gasteiger partial charge in [-0.25, -0.2) is 8.42 Å². The van der Waals surface area contributed by atoms with Gasteiger partial charge in [0, 0.05) is 25.7 Å². The number of nitrogens with one attached hydrogen (secondary N) is 2. The average molecular weight is 568 g/mol. The second-order valence-corrected chi connectivity index (χ2v) is 12.5. The average Bonchev–Trinajstić information content (AvgIpc) is 2.67. The van der Waals surface area contributed by atoms with Crippen molar-refractivity contribution in [3.63, 3.8) is 0 Å². The highest BCUT2D eigenvalue weighted by molar-refractivity contribution is 7.92. The lowest BCUT2D eigenvalue weighted by Gasteiger charge is -2.43. The first kappa shape index (κ1) is 28.3. The van der Waals surface area contributed by atoms with Crippen LogP contribution in [-0.2, 0) is 20.0 Å². The molecular weight excluding hydrogens is 544 g/mol. The zero-order valence-electron chi connectivity index (χ0n) is 18.6. The van der Waals surface area contributed by atoms with E-state index in [1.54, 1.807) is 0 Å². The van der Waals surface area contributed by atoms with Crippen LogP contribution < -0.4 is 14.8 Å². The number of alkyl halides is 6. The van der Waals surface area contributed by atoms with Crippen LogP contribution in [0.3, 0.4) is 0 Å². The van der Waals surface area contributed by atoms with Crippen LogP contribution >= 0.6 is 0 Å². The van der Waals surface area contributed by atoms with Crippen molar-refractivity contribution < 1.29 is 52.7 Å². The van der Waals surface area contributed by atoms with Crippen molar-refractivity contribution in [1.82, 2.24) is 9.62 Å². The largest absolute Gasteiger partial charge is 0.573 e. The maximum absolute atomic E-state index is 13.3. The normalized spacial score (nSPS) is 20.3. The Kier molecular flexibility index (Phi) is 7.77. The third-order valence-corrected chi connectivity index (χ3v) is 9.28. The number of benzene rings is 1. The Morgan fingerprint density at radius 2 is 1.69 bits per heavy atom. The van der Waals surface area contributed by atoms with Gasteiger partial charge in [0.1, 0.15) is 5.75 Å². The molecule has 17 heteroatoms. The SMILES string of the molecule is O=C(NCCC1(C(F)(F)F)CCC1)c1ccc(OC(F)(F)F)cc1NS(=O)(=O)N1CCS(=O)(=O)CC1. The molecule has 1 aliphatic heterocycles. The van der Waals surface area contributed by atoms with Crippen LogP contribution in [0.1, 0.15) is 36.0 Å². The molecule has 1 heterocycles. The number of amides is 1. The summed E-state index contributed by atoms with van der Waals surface area (Å²) in [6, 6.07) is 2.18. The standard InChI is InChI=1S/C19H23F6N3O6S2/c20-18(21,22)17(4-1-5-17)6-7-26-16(29)14-3-2-13(34-19(23,24)25)12-15(14)27-36(32,33)28-8-10-35(30,31)11-9-28/h2-3,12,27H,1,4-11H2,(H,26,29). The van der Waals surface area contributed by atoms with Gasteiger partial charge in [0.2, 0.25) is 0 Å². The minimum atomic E-state index is -5.13. The highest BCUT2D eigenvalue weighted by atomic mass is 32.2. The minimum Gasteiger partial charge on any atom is -0.406 e. The number of halogens is 6. The van der Waals surface area contributed by atoms with E-state index in [2.05, 4.69) is 10.1 Å². The van der Waals surface area contributed by atoms with Gasteiger partial charge < -0.3 is 10.1 Å². The van der Waals surface area contributed by atoms with E-state index in [0.717, 1.165) is 16.4 Å². The summed E-state index contributed by atoms with van der Waals surface area (Å²) in [5.41, 5.74) is -3.02. The van der Waals surface area contributed by atoms with E-state index >= 15 is 0 Å². The summed E-state index contributed by atoms with van der Waals surface area (Å²) < 4.78 is 133. The molecule has 1 amide bonds. The molecule has 0 radical (unpaired) electrons. The van der Waals surface area contributed by atoms with Crippen molar-refractivity contribution >= 4 is 31.6 Å². The molecule has 0 unspecified atom stereocenters. The molecule has 2 aliphatic rings. The molecule has 1 aromatic rings. The van der Waals surface area contributed by atoms with Crippen molar-refractivity contribution in [3.05, 3.63) is 23.8 Å². The second kappa shape index (κ2) is 9.89. The predicted octanol–water partition coefficient (Wildman–Crippen LogP) is 2.82. The molecule has 36 heavy (non-hydrogen) atoms. The Morgan fingerprint density at radius 3 is 2.19 bits per heavy atom. The third kappa shape index (κ3) is 6.73. The number of hydrogen-bond donors (Lipinski definition) is 2. The lowest BCUT2D eigenvalue weighted by molar-refractivity contribution is -0.274. The second-order valence-electron chi connectivity index (χ2n) is 8.55. The summed E-state index contributed by atoms with van der Waals surface area (Å²) in [6.07, 6.45) is -9.80. The molecule has 204 valence electrons. The molecule has 2 fully saturated rings. The van der Waals surface area contributed by atoms with E-state index in [1.807, 2.05) is 4.72 Å². The fraction of sp³-hybridized carbons (Fsp3) is 0.632. The lowest BCUT2D eigenvalue weighted by Crippen LogP contribution is -2.46. The Morgan fingerprint density at radius 1 is 1.08 bits per heavy atom. The van der Waals surface area contributed by atoms with Gasteiger partial charge in [-0.2, -0.15) is 25.9 Å². The summed E-state index contributed by atoms with van der Waals surface area (Å²) in [7, 11) is -7.96. The number of hydrogen-bond acceptors (Lipinski definition) is 6. The van der Waals surface area contributed by atoms with Crippen molar-refractivity contribution in [1.29, 1.82) is 0 Å². The summed E-state index contributed by atoms with van der Waals surface area (Å²) in [6.45, 7) is -1.25. The highest BCUT2D eigenvalue weighted by Crippen LogP contribution is 2.55. The summed E-state index contributed by atoms with van der Waals surface area (Å²) >= 11 is 0. The predicted molar refractivity (Wildman–Crippen MR) is 115 cm³/mol. The molecule has 1 aromatic carbocycles. The molecule has 0 spiro atoms. The Bertz CT molecular complexity index is 1180. The van der Waals surface area contributed by atoms with Crippen LogP contribution in [0.2, 0.25) is 0 Å². The van der Waals surface area contributed by atoms with Crippen LogP contribution in [-0.4, -0.2) is 70.7 Å². The van der Waals surface area contributed by atoms with Crippen LogP contribution in [0.15, 0.2) is 18.2 Å². The van der Waals surface area contributed by atoms with Crippen LogP contribution in [0.25, 0.3) is 0 Å². The molecular formula is C19H23F6N3O6S2. The summed E-state index contributed by atoms with van der Waals surface area (Å²) in [5, 5.41) is 2.25. The van der Waals surface area contributed by atoms with E-state index in [4.69, 9.17) is 0 Å². The number of ether oxygens (including phenoxy) is 1. The third-order valence-electron chi connectivity index (χ3n) is 6.15. The van der Waals surface area contributed by atoms with Crippen LogP contribution in [0.4, 0.5) is 32.0 Å². The molecule has 1 saturated heterocycles. The molecule has 0 aromatic heterocycles. The topological polar surface area (TPSA) is 122 Å². The molecule has 1 aliphatic carbocycles. The molecule has 1 saturated carbocycles. The van der Waals surface area contributed by atoms with Gasteiger partial charge in [-0.1, -0.05) is 6.42 Å². The molecule has 3 rings (SSSR count). The van der Waals surface area contributed by atoms with Crippen LogP contribution in [0.5, 0.6) is 5.75 Å². The van der Waals surface area contributed by atoms with E-state index in [9.17, 15) is 48.0 Å². The van der Waals surface area contributed by atoms with E-state index < -0.39 is 98.5 Å². The van der Waals surface area contributed by atoms with Gasteiger partial charge in [-0.05, 0) is 31.4 Å². The molecule has 0 atom stereocenters. The lowest BCUT2D eigenvalue weighted by atomic mass is 9.66. The van der Waals surface area contributed by atoms with Crippen molar-refractivity contribution in [3.8, 4) is 5.75 Å². The van der Waals surface area contributed by atoms with Crippen molar-refractivity contribution in [2.75, 3.05) is 35.9 Å². The van der Waals surface area contributed by atoms with E-state index in [0.29, 0.717) is 12.5 Å². The summed E-state index contributed by atoms with van der Waals surface area (Å²) in [5.74, 6) is -2.83. The van der Waals surface area contributed by atoms with Gasteiger partial charge >= 0.3 is 22.7 Å². The van der Waals surface area contributed by atoms with Gasteiger partial charge in [-0.3, -0.25) is 9.52 Å². The zero-order valence-corrected chi connectivity index (χ0v) is 20.2. The number of carbonyl (C=O) groups excluding carboxylic acids is 1. The first-order valence-corrected chi connectivity index (χ1v) is 13.9. The van der Waals surface area contributed by atoms with Crippen LogP contribution in [0, 0.1) is 5.41 Å². The van der Waals surface area contributed by atoms with Crippen molar-refractivity contribution in [2.24, 2.45) is 5.41 Å². The number of carbonyl (C=O) groups is 1. The number of anilines is 1. The molecule has 9 nitrogen and oxygen atoms in total. The zero-order chi connectivity index (χ0) is 27.0. The number of sulfone groups is 1. The summed E-state index contributed by atoms with van der Waals surface area (Å²) in [4.78, 5) is 12.7. The van der Waals surface area contributed by atoms with Gasteiger partial charge in [0.25, 0.3) is 5.91 Å². The minimum absolute atomic E-state index is 0.0908. The molecule has 0 bridgehead atoms. The Balaban J connectivity index is 1.80. The highest BCUT2D eigenvalue weighted by Gasteiger charge is 2.57. The smallest absolute Gasteiger partial charge is 0.406 e. The van der Waals surface area contributed by atoms with Gasteiger partial charge in [-0.15, -0.1) is 13.2 Å². The van der Waals surface area contributed by atoms with E-state index in [1.165, 1.54) is 0 Å². The first-order chi connectivity index (χ1) is 16.4. The van der Waals surface area contributed by atoms with Gasteiger partial charge in [0.15, 0.2) is 9.84 Å². The number of nitrogens with zero attached hydrogens (tertiary/aromatic N) is 1. The first-order valence-electron chi connectivity index (χ1n) is 10.7. The van der Waals surface area contributed by atoms with E-state index in [-0.39, 0.29) is 12.8 Å². The van der Waals surface area contributed by atoms with Crippen molar-refractivity contribution in [2.45, 2.75) is 38.2 Å². The Hall–Kier alpha value is -2.27. The quantitative estimate of drug-likeness (QED) is 0.466. The number of rotatable bonds is 8. The fourth-order valence-corrected chi connectivity index (χ4v) is 6.60. The Labute approximate surface area is 203 Å². The maximum Gasteiger partial charge on any atom is 0.573 e. The monoisotopic (exact) mass is 567 g/mol. The maximum atomic E-state index is 13.3. The fourth-order valence-electron chi connectivity index (χ4n) is 3.93.